The first kappa shape index (κ1) is 15.7. The van der Waals surface area contributed by atoms with E-state index in [9.17, 15) is 4.79 Å². The number of hydrogen-bond acceptors (Lipinski definition) is 3. The zero-order valence-corrected chi connectivity index (χ0v) is 13.8. The second kappa shape index (κ2) is 6.49. The summed E-state index contributed by atoms with van der Waals surface area (Å²) in [5, 5.41) is 0. The van der Waals surface area contributed by atoms with Crippen molar-refractivity contribution in [3.05, 3.63) is 41.7 Å². The number of hydrogen-bond donors (Lipinski definition) is 1. The lowest BCUT2D eigenvalue weighted by Crippen LogP contribution is -2.38. The number of furan rings is 1. The molecular weight excluding hydrogens is 288 g/mol. The van der Waals surface area contributed by atoms with Crippen LogP contribution in [0.5, 0.6) is 0 Å². The van der Waals surface area contributed by atoms with Gasteiger partial charge in [0.15, 0.2) is 5.76 Å². The number of benzene rings is 1. The summed E-state index contributed by atoms with van der Waals surface area (Å²) in [4.78, 5) is 14.5. The fourth-order valence-corrected chi connectivity index (χ4v) is 3.37. The number of anilines is 1. The Labute approximate surface area is 137 Å². The smallest absolute Gasteiger partial charge is 0.289 e. The van der Waals surface area contributed by atoms with Crippen molar-refractivity contribution in [2.75, 3.05) is 12.8 Å². The molecule has 3 rings (SSSR count). The summed E-state index contributed by atoms with van der Waals surface area (Å²) in [7, 11) is 1.88. The van der Waals surface area contributed by atoms with Crippen molar-refractivity contribution >= 4 is 11.6 Å². The fraction of sp³-hybridized carbons (Fsp3) is 0.421. The molecular formula is C19H24N2O2. The third-order valence-corrected chi connectivity index (χ3v) is 4.78. The van der Waals surface area contributed by atoms with E-state index in [-0.39, 0.29) is 5.91 Å². The molecule has 1 aliphatic carbocycles. The lowest BCUT2D eigenvalue weighted by molar-refractivity contribution is 0.0665. The van der Waals surface area contributed by atoms with Crippen molar-refractivity contribution in [2.24, 2.45) is 0 Å². The molecule has 4 nitrogen and oxygen atoms in total. The van der Waals surface area contributed by atoms with Gasteiger partial charge in [0.2, 0.25) is 0 Å². The van der Waals surface area contributed by atoms with Crippen LogP contribution in [-0.4, -0.2) is 23.9 Å². The molecule has 1 heterocycles. The average molecular weight is 312 g/mol. The van der Waals surface area contributed by atoms with Gasteiger partial charge in [0, 0.05) is 24.3 Å². The van der Waals surface area contributed by atoms with Crippen molar-refractivity contribution < 1.29 is 9.21 Å². The summed E-state index contributed by atoms with van der Waals surface area (Å²) in [5.74, 6) is 1.09. The Morgan fingerprint density at radius 1 is 1.17 bits per heavy atom. The third kappa shape index (κ3) is 3.26. The summed E-state index contributed by atoms with van der Waals surface area (Å²) >= 11 is 0. The molecule has 1 aromatic heterocycles. The summed E-state index contributed by atoms with van der Waals surface area (Å²) in [6.45, 7) is 1.99. The standard InChI is InChI=1S/C19H24N2O2/c1-13-12-14(20)8-9-16(13)17-10-11-18(23-17)19(22)21(2)15-6-4-3-5-7-15/h8-12,15H,3-7,20H2,1-2H3. The fourth-order valence-electron chi connectivity index (χ4n) is 3.37. The molecule has 122 valence electrons. The molecule has 0 atom stereocenters. The molecule has 1 aliphatic rings. The van der Waals surface area contributed by atoms with Crippen molar-refractivity contribution in [1.29, 1.82) is 0 Å². The van der Waals surface area contributed by atoms with Crippen molar-refractivity contribution in [1.82, 2.24) is 4.90 Å². The highest BCUT2D eigenvalue weighted by atomic mass is 16.4. The number of nitrogen functional groups attached to an aromatic ring is 1. The zero-order valence-electron chi connectivity index (χ0n) is 13.8. The first-order chi connectivity index (χ1) is 11.1. The topological polar surface area (TPSA) is 59.5 Å². The Kier molecular flexibility index (Phi) is 4.42. The van der Waals surface area contributed by atoms with Gasteiger partial charge in [0.1, 0.15) is 5.76 Å². The summed E-state index contributed by atoms with van der Waals surface area (Å²) in [6.07, 6.45) is 5.87. The normalized spacial score (nSPS) is 15.6. The molecule has 0 radical (unpaired) electrons. The minimum absolute atomic E-state index is 0.0313. The van der Waals surface area contributed by atoms with E-state index in [1.165, 1.54) is 19.3 Å². The van der Waals surface area contributed by atoms with E-state index in [1.54, 1.807) is 6.07 Å². The van der Waals surface area contributed by atoms with Gasteiger partial charge in [-0.1, -0.05) is 19.3 Å². The quantitative estimate of drug-likeness (QED) is 0.862. The number of nitrogens with zero attached hydrogens (tertiary/aromatic N) is 1. The molecule has 2 N–H and O–H groups in total. The maximum atomic E-state index is 12.6. The van der Waals surface area contributed by atoms with Crippen LogP contribution < -0.4 is 5.73 Å². The van der Waals surface area contributed by atoms with Gasteiger partial charge in [0.05, 0.1) is 0 Å². The molecule has 1 saturated carbocycles. The van der Waals surface area contributed by atoms with Crippen LogP contribution in [0.4, 0.5) is 5.69 Å². The van der Waals surface area contributed by atoms with Crippen molar-refractivity contribution in [3.63, 3.8) is 0 Å². The lowest BCUT2D eigenvalue weighted by Gasteiger charge is -2.30. The highest BCUT2D eigenvalue weighted by molar-refractivity contribution is 5.92. The molecule has 1 aromatic carbocycles. The van der Waals surface area contributed by atoms with Gasteiger partial charge in [-0.2, -0.15) is 0 Å². The number of amides is 1. The molecule has 0 bridgehead atoms. The van der Waals surface area contributed by atoms with E-state index >= 15 is 0 Å². The van der Waals surface area contributed by atoms with Crippen LogP contribution in [0.1, 0.15) is 48.2 Å². The van der Waals surface area contributed by atoms with Crippen LogP contribution in [0, 0.1) is 6.92 Å². The van der Waals surface area contributed by atoms with E-state index in [4.69, 9.17) is 10.2 Å². The molecule has 1 fully saturated rings. The minimum atomic E-state index is -0.0313. The maximum absolute atomic E-state index is 12.6. The Bertz CT molecular complexity index is 699. The van der Waals surface area contributed by atoms with Gasteiger partial charge in [0.25, 0.3) is 5.91 Å². The Balaban J connectivity index is 1.79. The van der Waals surface area contributed by atoms with Crippen LogP contribution in [0.2, 0.25) is 0 Å². The number of carbonyl (C=O) groups excluding carboxylic acids is 1. The largest absolute Gasteiger partial charge is 0.451 e. The van der Waals surface area contributed by atoms with E-state index in [0.29, 0.717) is 17.6 Å². The van der Waals surface area contributed by atoms with Crippen molar-refractivity contribution in [3.8, 4) is 11.3 Å². The van der Waals surface area contributed by atoms with Crippen LogP contribution in [0.25, 0.3) is 11.3 Å². The predicted molar refractivity (Wildman–Crippen MR) is 92.3 cm³/mol. The number of nitrogens with two attached hydrogens (primary N) is 1. The lowest BCUT2D eigenvalue weighted by atomic mass is 9.94. The van der Waals surface area contributed by atoms with Crippen molar-refractivity contribution in [2.45, 2.75) is 45.1 Å². The number of rotatable bonds is 3. The van der Waals surface area contributed by atoms with E-state index in [0.717, 1.165) is 29.7 Å². The van der Waals surface area contributed by atoms with E-state index in [1.807, 2.05) is 43.1 Å². The maximum Gasteiger partial charge on any atom is 0.289 e. The highest BCUT2D eigenvalue weighted by Crippen LogP contribution is 2.28. The predicted octanol–water partition coefficient (Wildman–Crippen LogP) is 4.24. The number of carbonyl (C=O) groups is 1. The second-order valence-corrected chi connectivity index (χ2v) is 6.45. The van der Waals surface area contributed by atoms with Gasteiger partial charge in [-0.3, -0.25) is 4.79 Å². The zero-order chi connectivity index (χ0) is 16.4. The second-order valence-electron chi connectivity index (χ2n) is 6.45. The Morgan fingerprint density at radius 3 is 2.61 bits per heavy atom. The molecule has 4 heteroatoms. The van der Waals surface area contributed by atoms with Crippen LogP contribution >= 0.6 is 0 Å². The Hall–Kier alpha value is -2.23. The Morgan fingerprint density at radius 2 is 1.91 bits per heavy atom. The highest BCUT2D eigenvalue weighted by Gasteiger charge is 2.25. The molecule has 0 aliphatic heterocycles. The molecule has 1 amide bonds. The van der Waals surface area contributed by atoms with Gasteiger partial charge in [-0.15, -0.1) is 0 Å². The molecule has 0 unspecified atom stereocenters. The SMILES string of the molecule is Cc1cc(N)ccc1-c1ccc(C(=O)N(C)C2CCCCC2)o1. The molecule has 23 heavy (non-hydrogen) atoms. The van der Waals surface area contributed by atoms with Gasteiger partial charge in [-0.05, 0) is 55.7 Å². The summed E-state index contributed by atoms with van der Waals surface area (Å²) in [5.41, 5.74) is 8.53. The minimum Gasteiger partial charge on any atom is -0.451 e. The van der Waals surface area contributed by atoms with Crippen LogP contribution in [-0.2, 0) is 0 Å². The van der Waals surface area contributed by atoms with Gasteiger partial charge >= 0.3 is 0 Å². The van der Waals surface area contributed by atoms with E-state index in [2.05, 4.69) is 0 Å². The molecule has 0 spiro atoms. The van der Waals surface area contributed by atoms with Gasteiger partial charge < -0.3 is 15.1 Å². The van der Waals surface area contributed by atoms with Crippen LogP contribution in [0.15, 0.2) is 34.7 Å². The number of aryl methyl sites for hydroxylation is 1. The average Bonchev–Trinajstić information content (AvgIpc) is 3.04. The van der Waals surface area contributed by atoms with Crippen LogP contribution in [0.3, 0.4) is 0 Å². The first-order valence-corrected chi connectivity index (χ1v) is 8.30. The molecule has 2 aromatic rings. The first-order valence-electron chi connectivity index (χ1n) is 8.30. The summed E-state index contributed by atoms with van der Waals surface area (Å²) < 4.78 is 5.83. The third-order valence-electron chi connectivity index (χ3n) is 4.78. The monoisotopic (exact) mass is 312 g/mol. The molecule has 0 saturated heterocycles. The van der Waals surface area contributed by atoms with E-state index < -0.39 is 0 Å². The summed E-state index contributed by atoms with van der Waals surface area (Å²) in [6, 6.07) is 9.66. The van der Waals surface area contributed by atoms with Gasteiger partial charge in [-0.25, -0.2) is 0 Å².